The quantitative estimate of drug-likeness (QED) is 0.543. The Hall–Kier alpha value is -3.55. The molecular weight excluding hydrogens is 396 g/mol. The van der Waals surface area contributed by atoms with Crippen LogP contribution in [0, 0.1) is 6.92 Å². The number of nitrogens with zero attached hydrogens (tertiary/aromatic N) is 4. The molecule has 1 aliphatic rings. The Morgan fingerprint density at radius 3 is 2.52 bits per heavy atom. The van der Waals surface area contributed by atoms with Crippen LogP contribution >= 0.6 is 0 Å². The second-order valence-corrected chi connectivity index (χ2v) is 7.42. The molecule has 1 unspecified atom stereocenters. The van der Waals surface area contributed by atoms with E-state index in [1.807, 2.05) is 37.3 Å². The van der Waals surface area contributed by atoms with Gasteiger partial charge in [-0.1, -0.05) is 43.0 Å². The van der Waals surface area contributed by atoms with Gasteiger partial charge in [-0.05, 0) is 13.8 Å². The molecule has 0 spiro atoms. The molecule has 8 nitrogen and oxygen atoms in total. The van der Waals surface area contributed by atoms with Gasteiger partial charge in [0, 0.05) is 38.2 Å². The molecule has 0 bridgehead atoms. The number of hydrogen-bond acceptors (Lipinski definition) is 6. The lowest BCUT2D eigenvalue weighted by Crippen LogP contribution is -2.55. The van der Waals surface area contributed by atoms with Gasteiger partial charge >= 0.3 is 5.97 Å². The van der Waals surface area contributed by atoms with Crippen LogP contribution in [0.5, 0.6) is 0 Å². The summed E-state index contributed by atoms with van der Waals surface area (Å²) >= 11 is 0. The molecule has 2 aromatic rings. The summed E-state index contributed by atoms with van der Waals surface area (Å²) in [6.45, 7) is 9.76. The van der Waals surface area contributed by atoms with Crippen LogP contribution in [0.25, 0.3) is 11.4 Å². The van der Waals surface area contributed by atoms with Crippen molar-refractivity contribution in [1.82, 2.24) is 19.8 Å². The second-order valence-electron chi connectivity index (χ2n) is 7.42. The molecule has 2 amide bonds. The Labute approximate surface area is 181 Å². The Bertz CT molecular complexity index is 1010. The zero-order chi connectivity index (χ0) is 22.5. The van der Waals surface area contributed by atoms with Crippen molar-refractivity contribution < 1.29 is 19.1 Å². The van der Waals surface area contributed by atoms with E-state index in [2.05, 4.69) is 16.5 Å². The fraction of sp³-hybridized carbons (Fsp3) is 0.348. The molecule has 0 N–H and O–H groups in total. The normalized spacial score (nSPS) is 16.0. The summed E-state index contributed by atoms with van der Waals surface area (Å²) in [7, 11) is 0. The summed E-state index contributed by atoms with van der Waals surface area (Å²) in [5.41, 5.74) is 1.15. The minimum absolute atomic E-state index is 0.00360. The average molecular weight is 422 g/mol. The number of piperazine rings is 1. The lowest BCUT2D eigenvalue weighted by molar-refractivity contribution is -0.132. The maximum atomic E-state index is 13.5. The third-order valence-corrected chi connectivity index (χ3v) is 5.18. The van der Waals surface area contributed by atoms with Crippen molar-refractivity contribution in [2.24, 2.45) is 0 Å². The first-order valence-electron chi connectivity index (χ1n) is 10.1. The molecule has 1 aromatic carbocycles. The van der Waals surface area contributed by atoms with Crippen molar-refractivity contribution >= 4 is 17.8 Å². The summed E-state index contributed by atoms with van der Waals surface area (Å²) in [5, 5.41) is 0. The van der Waals surface area contributed by atoms with E-state index in [4.69, 9.17) is 4.74 Å². The number of amides is 2. The van der Waals surface area contributed by atoms with E-state index in [0.29, 0.717) is 31.2 Å². The molecule has 31 heavy (non-hydrogen) atoms. The second kappa shape index (κ2) is 9.51. The summed E-state index contributed by atoms with van der Waals surface area (Å²) in [5.74, 6) is -0.728. The molecule has 1 atom stereocenters. The van der Waals surface area contributed by atoms with E-state index in [1.54, 1.807) is 16.7 Å². The Morgan fingerprint density at radius 1 is 1.19 bits per heavy atom. The molecule has 3 rings (SSSR count). The van der Waals surface area contributed by atoms with Crippen molar-refractivity contribution in [3.05, 3.63) is 59.9 Å². The average Bonchev–Trinajstić information content (AvgIpc) is 2.76. The highest BCUT2D eigenvalue weighted by molar-refractivity contribution is 6.05. The Morgan fingerprint density at radius 2 is 1.90 bits per heavy atom. The molecule has 0 radical (unpaired) electrons. The van der Waals surface area contributed by atoms with Crippen LogP contribution in [-0.4, -0.2) is 69.8 Å². The number of aryl methyl sites for hydroxylation is 1. The zero-order valence-corrected chi connectivity index (χ0v) is 18.0. The molecule has 162 valence electrons. The molecule has 1 aromatic heterocycles. The van der Waals surface area contributed by atoms with Crippen molar-refractivity contribution in [2.75, 3.05) is 26.2 Å². The first kappa shape index (κ1) is 22.1. The highest BCUT2D eigenvalue weighted by Crippen LogP contribution is 2.22. The number of benzene rings is 1. The van der Waals surface area contributed by atoms with Gasteiger partial charge in [0.1, 0.15) is 17.9 Å². The molecule has 8 heteroatoms. The first-order valence-corrected chi connectivity index (χ1v) is 10.1. The van der Waals surface area contributed by atoms with Gasteiger partial charge in [-0.15, -0.1) is 0 Å². The number of ether oxygens (including phenoxy) is 1. The van der Waals surface area contributed by atoms with Crippen molar-refractivity contribution in [1.29, 1.82) is 0 Å². The Kier molecular flexibility index (Phi) is 6.79. The molecule has 0 saturated carbocycles. The minimum Gasteiger partial charge on any atom is -0.458 e. The minimum atomic E-state index is -0.671. The highest BCUT2D eigenvalue weighted by atomic mass is 16.5. The molecule has 1 aliphatic heterocycles. The van der Waals surface area contributed by atoms with E-state index in [9.17, 15) is 14.4 Å². The highest BCUT2D eigenvalue weighted by Gasteiger charge is 2.33. The van der Waals surface area contributed by atoms with Crippen LogP contribution in [-0.2, 0) is 9.53 Å². The zero-order valence-electron chi connectivity index (χ0n) is 18.0. The summed E-state index contributed by atoms with van der Waals surface area (Å²) in [6, 6.07) is 9.12. The number of carbonyl (C=O) groups excluding carboxylic acids is 3. The van der Waals surface area contributed by atoms with Gasteiger partial charge in [0.2, 0.25) is 5.91 Å². The fourth-order valence-electron chi connectivity index (χ4n) is 3.65. The van der Waals surface area contributed by atoms with Gasteiger partial charge in [0.05, 0.1) is 5.69 Å². The van der Waals surface area contributed by atoms with Crippen LogP contribution in [0.3, 0.4) is 0 Å². The monoisotopic (exact) mass is 422 g/mol. The van der Waals surface area contributed by atoms with E-state index in [-0.39, 0.29) is 35.7 Å². The standard InChI is InChI=1S/C23H26N4O4/c1-5-13-31-23(30)19-16(3)24-21(18-9-7-6-8-10-18)25-20(19)22(29)26-11-12-27(17(4)28)15(2)14-26/h5-10,15H,1,11-14H2,2-4H3. The molecule has 0 aliphatic carbocycles. The van der Waals surface area contributed by atoms with Crippen molar-refractivity contribution in [3.63, 3.8) is 0 Å². The van der Waals surface area contributed by atoms with Gasteiger partial charge in [-0.25, -0.2) is 14.8 Å². The summed E-state index contributed by atoms with van der Waals surface area (Å²) in [6.07, 6.45) is 1.45. The topological polar surface area (TPSA) is 92.7 Å². The lowest BCUT2D eigenvalue weighted by atomic mass is 10.1. The lowest BCUT2D eigenvalue weighted by Gasteiger charge is -2.39. The Balaban J connectivity index is 2.02. The number of hydrogen-bond donors (Lipinski definition) is 0. The van der Waals surface area contributed by atoms with Crippen molar-refractivity contribution in [2.45, 2.75) is 26.8 Å². The van der Waals surface area contributed by atoms with Crippen molar-refractivity contribution in [3.8, 4) is 11.4 Å². The maximum Gasteiger partial charge on any atom is 0.342 e. The van der Waals surface area contributed by atoms with E-state index < -0.39 is 5.97 Å². The van der Waals surface area contributed by atoms with Crippen LogP contribution in [0.2, 0.25) is 0 Å². The van der Waals surface area contributed by atoms with Gasteiger partial charge in [-0.2, -0.15) is 0 Å². The van der Waals surface area contributed by atoms with Gasteiger partial charge in [0.25, 0.3) is 5.91 Å². The summed E-state index contributed by atoms with van der Waals surface area (Å²) in [4.78, 5) is 50.2. The van der Waals surface area contributed by atoms with E-state index >= 15 is 0 Å². The largest absolute Gasteiger partial charge is 0.458 e. The molecular formula is C23H26N4O4. The summed E-state index contributed by atoms with van der Waals surface area (Å²) < 4.78 is 5.19. The molecule has 1 fully saturated rings. The number of rotatable bonds is 5. The van der Waals surface area contributed by atoms with E-state index in [0.717, 1.165) is 5.56 Å². The van der Waals surface area contributed by atoms with Crippen LogP contribution < -0.4 is 0 Å². The number of carbonyl (C=O) groups is 3. The number of aromatic nitrogens is 2. The maximum absolute atomic E-state index is 13.5. The molecule has 1 saturated heterocycles. The SMILES string of the molecule is C=CCOC(=O)c1c(C)nc(-c2ccccc2)nc1C(=O)N1CCN(C(C)=O)C(C)C1. The fourth-order valence-corrected chi connectivity index (χ4v) is 3.65. The van der Waals surface area contributed by atoms with Gasteiger partial charge in [-0.3, -0.25) is 9.59 Å². The van der Waals surface area contributed by atoms with Crippen LogP contribution in [0.15, 0.2) is 43.0 Å². The predicted octanol–water partition coefficient (Wildman–Crippen LogP) is 2.49. The van der Waals surface area contributed by atoms with Crippen LogP contribution in [0.1, 0.15) is 40.4 Å². The third kappa shape index (κ3) is 4.79. The molecule has 2 heterocycles. The van der Waals surface area contributed by atoms with Crippen LogP contribution in [0.4, 0.5) is 0 Å². The smallest absolute Gasteiger partial charge is 0.342 e. The first-order chi connectivity index (χ1) is 14.8. The third-order valence-electron chi connectivity index (χ3n) is 5.18. The van der Waals surface area contributed by atoms with Gasteiger partial charge in [0.15, 0.2) is 5.82 Å². The van der Waals surface area contributed by atoms with Gasteiger partial charge < -0.3 is 14.5 Å². The predicted molar refractivity (Wildman–Crippen MR) is 115 cm³/mol. The number of esters is 1. The van der Waals surface area contributed by atoms with E-state index in [1.165, 1.54) is 13.0 Å².